The molecule has 0 spiro atoms. The zero-order valence-electron chi connectivity index (χ0n) is 14.9. The Bertz CT molecular complexity index is 862. The van der Waals surface area contributed by atoms with E-state index < -0.39 is 23.8 Å². The molecule has 2 rings (SSSR count). The molecule has 0 heterocycles. The molecule has 0 fully saturated rings. The average Bonchev–Trinajstić information content (AvgIpc) is 2.67. The third-order valence-corrected chi connectivity index (χ3v) is 3.66. The van der Waals surface area contributed by atoms with Crippen molar-refractivity contribution in [2.45, 2.75) is 13.0 Å². The standard InChI is InChI=1S/C20H20N2O5/c1-13(20(25)26)21-19(24)16(12-14-8-4-3-5-9-14)22-18(23)15-10-6-7-11-17(15)27-2/h3-13H,1-2H3,(H,21,24)(H,22,23)(H,25,26)/p-1/b16-12-/t13-/m1/s1. The molecule has 0 aliphatic rings. The Morgan fingerprint density at radius 1 is 1.04 bits per heavy atom. The van der Waals surface area contributed by atoms with E-state index in [2.05, 4.69) is 10.6 Å². The summed E-state index contributed by atoms with van der Waals surface area (Å²) in [4.78, 5) is 36.0. The van der Waals surface area contributed by atoms with E-state index in [1.54, 1.807) is 48.5 Å². The molecule has 2 N–H and O–H groups in total. The van der Waals surface area contributed by atoms with Gasteiger partial charge in [-0.3, -0.25) is 9.59 Å². The van der Waals surface area contributed by atoms with Crippen LogP contribution in [0.5, 0.6) is 5.75 Å². The summed E-state index contributed by atoms with van der Waals surface area (Å²) in [5.41, 5.74) is 0.786. The maximum Gasteiger partial charge on any atom is 0.268 e. The lowest BCUT2D eigenvalue weighted by atomic mass is 10.1. The van der Waals surface area contributed by atoms with Gasteiger partial charge >= 0.3 is 0 Å². The summed E-state index contributed by atoms with van der Waals surface area (Å²) in [6.07, 6.45) is 1.45. The number of hydrogen-bond donors (Lipinski definition) is 2. The summed E-state index contributed by atoms with van der Waals surface area (Å²) in [6.45, 7) is 1.27. The second kappa shape index (κ2) is 9.19. The van der Waals surface area contributed by atoms with Gasteiger partial charge in [-0.2, -0.15) is 0 Å². The molecule has 7 nitrogen and oxygen atoms in total. The molecule has 7 heteroatoms. The zero-order chi connectivity index (χ0) is 19.8. The highest BCUT2D eigenvalue weighted by molar-refractivity contribution is 6.06. The van der Waals surface area contributed by atoms with Gasteiger partial charge in [0.2, 0.25) is 0 Å². The largest absolute Gasteiger partial charge is 0.548 e. The Hall–Kier alpha value is -3.61. The first-order valence-electron chi connectivity index (χ1n) is 8.15. The van der Waals surface area contributed by atoms with E-state index in [4.69, 9.17) is 4.74 Å². The van der Waals surface area contributed by atoms with Crippen molar-refractivity contribution in [3.05, 3.63) is 71.4 Å². The molecule has 140 valence electrons. The van der Waals surface area contributed by atoms with Gasteiger partial charge < -0.3 is 25.3 Å². The lowest BCUT2D eigenvalue weighted by molar-refractivity contribution is -0.307. The smallest absolute Gasteiger partial charge is 0.268 e. The van der Waals surface area contributed by atoms with Gasteiger partial charge in [0.15, 0.2) is 0 Å². The normalized spacial score (nSPS) is 12.0. The summed E-state index contributed by atoms with van der Waals surface area (Å²) in [6, 6.07) is 14.2. The monoisotopic (exact) mass is 367 g/mol. The van der Waals surface area contributed by atoms with E-state index >= 15 is 0 Å². The Morgan fingerprint density at radius 2 is 1.67 bits per heavy atom. The highest BCUT2D eigenvalue weighted by Crippen LogP contribution is 2.17. The SMILES string of the molecule is COc1ccccc1C(=O)N/C(=C\c1ccccc1)C(=O)N[C@H](C)C(=O)[O-]. The molecule has 1 atom stereocenters. The van der Waals surface area contributed by atoms with E-state index in [9.17, 15) is 19.5 Å². The number of para-hydroxylation sites is 1. The lowest BCUT2D eigenvalue weighted by Gasteiger charge is -2.17. The number of amides is 2. The fourth-order valence-electron chi connectivity index (χ4n) is 2.23. The molecule has 0 aromatic heterocycles. The minimum Gasteiger partial charge on any atom is -0.548 e. The number of carbonyl (C=O) groups is 3. The number of carboxylic acid groups (broad SMARTS) is 1. The van der Waals surface area contributed by atoms with Gasteiger partial charge in [-0.15, -0.1) is 0 Å². The minimum absolute atomic E-state index is 0.106. The number of benzene rings is 2. The summed E-state index contributed by atoms with van der Waals surface area (Å²) in [5, 5.41) is 15.7. The van der Waals surface area contributed by atoms with E-state index in [0.29, 0.717) is 11.3 Å². The van der Waals surface area contributed by atoms with Crippen LogP contribution in [0.4, 0.5) is 0 Å². The summed E-state index contributed by atoms with van der Waals surface area (Å²) < 4.78 is 5.16. The maximum absolute atomic E-state index is 12.6. The molecular weight excluding hydrogens is 348 g/mol. The molecule has 27 heavy (non-hydrogen) atoms. The van der Waals surface area contributed by atoms with E-state index in [0.717, 1.165) is 0 Å². The van der Waals surface area contributed by atoms with Crippen LogP contribution in [-0.2, 0) is 9.59 Å². The summed E-state index contributed by atoms with van der Waals surface area (Å²) >= 11 is 0. The maximum atomic E-state index is 12.6. The molecule has 2 amide bonds. The molecule has 0 aliphatic carbocycles. The second-order valence-electron chi connectivity index (χ2n) is 5.64. The van der Waals surface area contributed by atoms with Gasteiger partial charge in [0.05, 0.1) is 24.7 Å². The van der Waals surface area contributed by atoms with Crippen molar-refractivity contribution < 1.29 is 24.2 Å². The first-order chi connectivity index (χ1) is 12.9. The van der Waals surface area contributed by atoms with Gasteiger partial charge in [0.25, 0.3) is 11.8 Å². The van der Waals surface area contributed by atoms with Crippen LogP contribution in [-0.4, -0.2) is 30.9 Å². The fourth-order valence-corrected chi connectivity index (χ4v) is 2.23. The van der Waals surface area contributed by atoms with E-state index in [1.165, 1.54) is 20.1 Å². The molecule has 0 saturated heterocycles. The molecule has 0 bridgehead atoms. The van der Waals surface area contributed by atoms with Crippen LogP contribution < -0.4 is 20.5 Å². The highest BCUT2D eigenvalue weighted by atomic mass is 16.5. The van der Waals surface area contributed by atoms with Crippen molar-refractivity contribution in [2.24, 2.45) is 0 Å². The first-order valence-corrected chi connectivity index (χ1v) is 8.15. The van der Waals surface area contributed by atoms with Gasteiger partial charge in [-0.05, 0) is 30.7 Å². The summed E-state index contributed by atoms with van der Waals surface area (Å²) in [5.74, 6) is -2.40. The second-order valence-corrected chi connectivity index (χ2v) is 5.64. The molecule has 0 unspecified atom stereocenters. The Balaban J connectivity index is 2.32. The predicted molar refractivity (Wildman–Crippen MR) is 97.5 cm³/mol. The van der Waals surface area contributed by atoms with Crippen LogP contribution >= 0.6 is 0 Å². The average molecular weight is 367 g/mol. The Morgan fingerprint density at radius 3 is 2.30 bits per heavy atom. The number of nitrogens with one attached hydrogen (secondary N) is 2. The van der Waals surface area contributed by atoms with Crippen molar-refractivity contribution in [3.8, 4) is 5.75 Å². The van der Waals surface area contributed by atoms with Gasteiger partial charge in [0, 0.05) is 0 Å². The van der Waals surface area contributed by atoms with Crippen LogP contribution in [0.2, 0.25) is 0 Å². The fraction of sp³-hybridized carbons (Fsp3) is 0.150. The molecule has 0 saturated carbocycles. The number of methoxy groups -OCH3 is 1. The predicted octanol–water partition coefficient (Wildman–Crippen LogP) is 0.721. The molecule has 2 aromatic rings. The summed E-state index contributed by atoms with van der Waals surface area (Å²) in [7, 11) is 1.43. The molecule has 0 radical (unpaired) electrons. The Labute approximate surface area is 156 Å². The topological polar surface area (TPSA) is 108 Å². The Kier molecular flexibility index (Phi) is 6.71. The van der Waals surface area contributed by atoms with Crippen molar-refractivity contribution in [1.29, 1.82) is 0 Å². The third kappa shape index (κ3) is 5.43. The number of carbonyl (C=O) groups excluding carboxylic acids is 3. The number of aliphatic carboxylic acids is 1. The van der Waals surface area contributed by atoms with Crippen LogP contribution in [0.3, 0.4) is 0 Å². The van der Waals surface area contributed by atoms with Crippen LogP contribution in [0.15, 0.2) is 60.3 Å². The minimum atomic E-state index is -1.43. The van der Waals surface area contributed by atoms with Gasteiger partial charge in [0.1, 0.15) is 11.4 Å². The number of carboxylic acids is 1. The van der Waals surface area contributed by atoms with E-state index in [-0.39, 0.29) is 11.3 Å². The molecular formula is C20H19N2O5-. The number of rotatable bonds is 7. The first kappa shape index (κ1) is 19.7. The number of hydrogen-bond acceptors (Lipinski definition) is 5. The van der Waals surface area contributed by atoms with Gasteiger partial charge in [-0.25, -0.2) is 0 Å². The van der Waals surface area contributed by atoms with Gasteiger partial charge in [-0.1, -0.05) is 42.5 Å². The van der Waals surface area contributed by atoms with Crippen molar-refractivity contribution in [3.63, 3.8) is 0 Å². The quantitative estimate of drug-likeness (QED) is 0.701. The van der Waals surface area contributed by atoms with Crippen LogP contribution in [0.25, 0.3) is 6.08 Å². The lowest BCUT2D eigenvalue weighted by Crippen LogP contribution is -2.48. The zero-order valence-corrected chi connectivity index (χ0v) is 14.9. The third-order valence-electron chi connectivity index (χ3n) is 3.66. The molecule has 0 aliphatic heterocycles. The van der Waals surface area contributed by atoms with Crippen LogP contribution in [0, 0.1) is 0 Å². The highest BCUT2D eigenvalue weighted by Gasteiger charge is 2.18. The van der Waals surface area contributed by atoms with Crippen molar-refractivity contribution in [2.75, 3.05) is 7.11 Å². The van der Waals surface area contributed by atoms with Crippen molar-refractivity contribution in [1.82, 2.24) is 10.6 Å². The molecule has 2 aromatic carbocycles. The van der Waals surface area contributed by atoms with Crippen molar-refractivity contribution >= 4 is 23.9 Å². The number of ether oxygens (including phenoxy) is 1. The van der Waals surface area contributed by atoms with Crippen LogP contribution in [0.1, 0.15) is 22.8 Å². The van der Waals surface area contributed by atoms with E-state index in [1.807, 2.05) is 6.07 Å².